The van der Waals surface area contributed by atoms with Gasteiger partial charge in [-0.25, -0.2) is 0 Å². The van der Waals surface area contributed by atoms with Crippen LogP contribution in [0.2, 0.25) is 0 Å². The maximum absolute atomic E-state index is 6.18. The highest BCUT2D eigenvalue weighted by molar-refractivity contribution is 9.10. The summed E-state index contributed by atoms with van der Waals surface area (Å²) in [7, 11) is 1.66. The van der Waals surface area contributed by atoms with Crippen LogP contribution in [0.25, 0.3) is 5.69 Å². The number of benzene rings is 3. The lowest BCUT2D eigenvalue weighted by atomic mass is 10.1. The molecule has 4 aromatic rings. The normalized spacial score (nSPS) is 10.9. The first-order valence-electron chi connectivity index (χ1n) is 11.0. The van der Waals surface area contributed by atoms with E-state index in [1.807, 2.05) is 72.8 Å². The summed E-state index contributed by atoms with van der Waals surface area (Å²) in [6.07, 6.45) is 0.966. The van der Waals surface area contributed by atoms with Crippen molar-refractivity contribution in [3.63, 3.8) is 0 Å². The van der Waals surface area contributed by atoms with Crippen molar-refractivity contribution >= 4 is 27.7 Å². The number of nitrogens with one attached hydrogen (secondary N) is 1. The standard InChI is InChI=1S/C25H26BrN5O2S/c1-32-23-14-13-22(26)21(24(23)33-18-19-9-4-2-5-10-19)17-27-15-8-16-34-25-28-29-30-31(25)20-11-6-3-7-12-20/h2-7,9-14,27H,8,15-18H2,1H3. The minimum Gasteiger partial charge on any atom is -0.493 e. The van der Waals surface area contributed by atoms with Crippen LogP contribution in [0.5, 0.6) is 11.5 Å². The summed E-state index contributed by atoms with van der Waals surface area (Å²) >= 11 is 5.32. The van der Waals surface area contributed by atoms with Crippen molar-refractivity contribution < 1.29 is 9.47 Å². The Morgan fingerprint density at radius 1 is 1.00 bits per heavy atom. The summed E-state index contributed by atoms with van der Waals surface area (Å²) in [5.41, 5.74) is 3.10. The Labute approximate surface area is 212 Å². The summed E-state index contributed by atoms with van der Waals surface area (Å²) < 4.78 is 14.5. The number of hydrogen-bond acceptors (Lipinski definition) is 7. The van der Waals surface area contributed by atoms with E-state index in [4.69, 9.17) is 9.47 Å². The van der Waals surface area contributed by atoms with Crippen molar-refractivity contribution in [1.29, 1.82) is 0 Å². The van der Waals surface area contributed by atoms with Crippen LogP contribution < -0.4 is 14.8 Å². The van der Waals surface area contributed by atoms with Crippen LogP contribution >= 0.6 is 27.7 Å². The molecule has 0 aliphatic rings. The molecule has 1 aromatic heterocycles. The summed E-state index contributed by atoms with van der Waals surface area (Å²) in [4.78, 5) is 0. The molecule has 0 aliphatic carbocycles. The second kappa shape index (κ2) is 12.5. The number of halogens is 1. The minimum absolute atomic E-state index is 0.480. The van der Waals surface area contributed by atoms with Gasteiger partial charge < -0.3 is 14.8 Å². The van der Waals surface area contributed by atoms with E-state index in [0.717, 1.165) is 56.7 Å². The summed E-state index contributed by atoms with van der Waals surface area (Å²) in [6, 6.07) is 23.9. The number of thioether (sulfide) groups is 1. The number of methoxy groups -OCH3 is 1. The molecule has 0 aliphatic heterocycles. The Bertz CT molecular complexity index is 1170. The van der Waals surface area contributed by atoms with Gasteiger partial charge in [-0.3, -0.25) is 0 Å². The van der Waals surface area contributed by atoms with Crippen LogP contribution in [-0.2, 0) is 13.2 Å². The quantitative estimate of drug-likeness (QED) is 0.194. The van der Waals surface area contributed by atoms with E-state index in [9.17, 15) is 0 Å². The summed E-state index contributed by atoms with van der Waals surface area (Å²) in [6.45, 7) is 1.99. The predicted molar refractivity (Wildman–Crippen MR) is 138 cm³/mol. The van der Waals surface area contributed by atoms with Crippen molar-refractivity contribution in [1.82, 2.24) is 25.5 Å². The average Bonchev–Trinajstić information content (AvgIpc) is 3.35. The van der Waals surface area contributed by atoms with Crippen molar-refractivity contribution in [3.8, 4) is 17.2 Å². The number of rotatable bonds is 12. The van der Waals surface area contributed by atoms with E-state index in [-0.39, 0.29) is 0 Å². The zero-order valence-corrected chi connectivity index (χ0v) is 21.3. The molecule has 0 atom stereocenters. The Morgan fingerprint density at radius 3 is 2.53 bits per heavy atom. The Kier molecular flexibility index (Phi) is 8.95. The SMILES string of the molecule is COc1ccc(Br)c(CNCCCSc2nnnn2-c2ccccc2)c1OCc1ccccc1. The van der Waals surface area contributed by atoms with Gasteiger partial charge in [0.2, 0.25) is 5.16 Å². The zero-order chi connectivity index (χ0) is 23.6. The third-order valence-corrected chi connectivity index (χ3v) is 6.83. The fourth-order valence-corrected chi connectivity index (χ4v) is 4.65. The fraction of sp³-hybridized carbons (Fsp3) is 0.240. The van der Waals surface area contributed by atoms with Crippen molar-refractivity contribution in [2.24, 2.45) is 0 Å². The average molecular weight is 540 g/mol. The first-order chi connectivity index (χ1) is 16.8. The number of aromatic nitrogens is 4. The minimum atomic E-state index is 0.480. The smallest absolute Gasteiger partial charge is 0.214 e. The van der Waals surface area contributed by atoms with Crippen LogP contribution in [0, 0.1) is 0 Å². The second-order valence-electron chi connectivity index (χ2n) is 7.42. The molecular formula is C25H26BrN5O2S. The third kappa shape index (κ3) is 6.37. The molecule has 1 N–H and O–H groups in total. The largest absolute Gasteiger partial charge is 0.493 e. The highest BCUT2D eigenvalue weighted by Gasteiger charge is 2.15. The van der Waals surface area contributed by atoms with Gasteiger partial charge in [0.25, 0.3) is 0 Å². The molecule has 7 nitrogen and oxygen atoms in total. The number of ether oxygens (including phenoxy) is 2. The lowest BCUT2D eigenvalue weighted by molar-refractivity contribution is 0.280. The van der Waals surface area contributed by atoms with Gasteiger partial charge in [0.1, 0.15) is 6.61 Å². The first kappa shape index (κ1) is 24.3. The zero-order valence-electron chi connectivity index (χ0n) is 18.9. The monoisotopic (exact) mass is 539 g/mol. The molecule has 34 heavy (non-hydrogen) atoms. The van der Waals surface area contributed by atoms with Gasteiger partial charge in [0.15, 0.2) is 11.5 Å². The first-order valence-corrected chi connectivity index (χ1v) is 12.7. The van der Waals surface area contributed by atoms with Gasteiger partial charge in [-0.1, -0.05) is 76.2 Å². The summed E-state index contributed by atoms with van der Waals surface area (Å²) in [5, 5.41) is 16.4. The van der Waals surface area contributed by atoms with E-state index in [2.05, 4.69) is 36.8 Å². The van der Waals surface area contributed by atoms with Crippen molar-refractivity contribution in [2.45, 2.75) is 24.7 Å². The van der Waals surface area contributed by atoms with Crippen LogP contribution in [0.3, 0.4) is 0 Å². The molecule has 176 valence electrons. The molecule has 0 amide bonds. The Hall–Kier alpha value is -2.88. The van der Waals surface area contributed by atoms with Gasteiger partial charge in [0, 0.05) is 22.3 Å². The topological polar surface area (TPSA) is 74.1 Å². The number of para-hydroxylation sites is 1. The predicted octanol–water partition coefficient (Wildman–Crippen LogP) is 5.28. The van der Waals surface area contributed by atoms with Crippen LogP contribution in [0.15, 0.2) is 82.4 Å². The molecule has 9 heteroatoms. The van der Waals surface area contributed by atoms with Crippen LogP contribution in [0.4, 0.5) is 0 Å². The van der Waals surface area contributed by atoms with E-state index in [0.29, 0.717) is 13.2 Å². The number of hydrogen-bond donors (Lipinski definition) is 1. The maximum atomic E-state index is 6.18. The highest BCUT2D eigenvalue weighted by Crippen LogP contribution is 2.36. The Balaban J connectivity index is 1.30. The third-order valence-electron chi connectivity index (χ3n) is 5.09. The van der Waals surface area contributed by atoms with Crippen molar-refractivity contribution in [3.05, 3.63) is 88.4 Å². The Morgan fingerprint density at radius 2 is 1.76 bits per heavy atom. The molecule has 3 aromatic carbocycles. The summed E-state index contributed by atoms with van der Waals surface area (Å²) in [5.74, 6) is 2.38. The molecule has 0 fully saturated rings. The van der Waals surface area contributed by atoms with Crippen LogP contribution in [0.1, 0.15) is 17.5 Å². The van der Waals surface area contributed by atoms with Gasteiger partial charge in [0.05, 0.1) is 12.8 Å². The molecule has 0 spiro atoms. The van der Waals surface area contributed by atoms with E-state index in [1.165, 1.54) is 0 Å². The van der Waals surface area contributed by atoms with E-state index >= 15 is 0 Å². The van der Waals surface area contributed by atoms with Crippen molar-refractivity contribution in [2.75, 3.05) is 19.4 Å². The molecule has 0 radical (unpaired) electrons. The van der Waals surface area contributed by atoms with E-state index in [1.54, 1.807) is 23.6 Å². The second-order valence-corrected chi connectivity index (χ2v) is 9.34. The van der Waals surface area contributed by atoms with E-state index < -0.39 is 0 Å². The highest BCUT2D eigenvalue weighted by atomic mass is 79.9. The van der Waals surface area contributed by atoms with Gasteiger partial charge in [-0.05, 0) is 53.2 Å². The number of nitrogens with zero attached hydrogens (tertiary/aromatic N) is 4. The molecule has 4 rings (SSSR count). The lowest BCUT2D eigenvalue weighted by Gasteiger charge is -2.17. The molecular weight excluding hydrogens is 514 g/mol. The molecule has 0 unspecified atom stereocenters. The van der Waals surface area contributed by atoms with Crippen LogP contribution in [-0.4, -0.2) is 39.6 Å². The molecule has 1 heterocycles. The molecule has 0 saturated heterocycles. The van der Waals surface area contributed by atoms with Gasteiger partial charge in [-0.15, -0.1) is 5.10 Å². The molecule has 0 saturated carbocycles. The van der Waals surface area contributed by atoms with Gasteiger partial charge >= 0.3 is 0 Å². The molecule has 0 bridgehead atoms. The maximum Gasteiger partial charge on any atom is 0.214 e. The fourth-order valence-electron chi connectivity index (χ4n) is 3.37. The number of tetrazole rings is 1. The van der Waals surface area contributed by atoms with Gasteiger partial charge in [-0.2, -0.15) is 4.68 Å². The lowest BCUT2D eigenvalue weighted by Crippen LogP contribution is -2.17.